The quantitative estimate of drug-likeness (QED) is 0.910. The van der Waals surface area contributed by atoms with Crippen molar-refractivity contribution in [1.29, 1.82) is 0 Å². The van der Waals surface area contributed by atoms with Crippen LogP contribution in [0.4, 0.5) is 0 Å². The van der Waals surface area contributed by atoms with E-state index in [1.165, 1.54) is 0 Å². The van der Waals surface area contributed by atoms with Gasteiger partial charge in [0.1, 0.15) is 5.75 Å². The van der Waals surface area contributed by atoms with Crippen LogP contribution in [0.5, 0.6) is 5.75 Å². The first-order valence-electron chi connectivity index (χ1n) is 7.93. The summed E-state index contributed by atoms with van der Waals surface area (Å²) in [6.45, 7) is 1.03. The van der Waals surface area contributed by atoms with Crippen LogP contribution >= 0.6 is 11.6 Å². The maximum atomic E-state index is 12.7. The van der Waals surface area contributed by atoms with Crippen molar-refractivity contribution < 1.29 is 19.4 Å². The number of carbonyl (C=O) groups is 2. The van der Waals surface area contributed by atoms with Crippen molar-refractivity contribution >= 4 is 23.5 Å². The zero-order chi connectivity index (χ0) is 18.0. The topological polar surface area (TPSA) is 66.8 Å². The molecule has 0 aromatic heterocycles. The van der Waals surface area contributed by atoms with Gasteiger partial charge < -0.3 is 14.7 Å². The Morgan fingerprint density at radius 3 is 2.72 bits per heavy atom. The minimum absolute atomic E-state index is 0.0352. The molecule has 1 aliphatic rings. The van der Waals surface area contributed by atoms with Gasteiger partial charge in [-0.25, -0.2) is 4.79 Å². The minimum Gasteiger partial charge on any atom is -0.496 e. The maximum absolute atomic E-state index is 12.7. The van der Waals surface area contributed by atoms with Gasteiger partial charge in [0.05, 0.1) is 19.1 Å². The summed E-state index contributed by atoms with van der Waals surface area (Å²) in [5.41, 5.74) is 2.96. The van der Waals surface area contributed by atoms with Gasteiger partial charge in [0, 0.05) is 23.7 Å². The van der Waals surface area contributed by atoms with Gasteiger partial charge in [0.15, 0.2) is 0 Å². The predicted molar refractivity (Wildman–Crippen MR) is 94.2 cm³/mol. The third-order valence-corrected chi connectivity index (χ3v) is 4.64. The number of fused-ring (bicyclic) bond motifs is 1. The van der Waals surface area contributed by atoms with Crippen LogP contribution in [-0.4, -0.2) is 35.5 Å². The average molecular weight is 360 g/mol. The van der Waals surface area contributed by atoms with Crippen molar-refractivity contribution in [2.45, 2.75) is 19.4 Å². The van der Waals surface area contributed by atoms with Crippen LogP contribution in [-0.2, 0) is 24.2 Å². The lowest BCUT2D eigenvalue weighted by atomic mass is 9.97. The number of carboxylic acid groups (broad SMARTS) is 1. The molecule has 1 amide bonds. The van der Waals surface area contributed by atoms with Gasteiger partial charge in [-0.2, -0.15) is 0 Å². The Bertz CT molecular complexity index is 834. The number of hydrogen-bond acceptors (Lipinski definition) is 3. The summed E-state index contributed by atoms with van der Waals surface area (Å²) in [5.74, 6) is -0.370. The van der Waals surface area contributed by atoms with Crippen molar-refractivity contribution in [3.05, 3.63) is 63.7 Å². The van der Waals surface area contributed by atoms with E-state index in [4.69, 9.17) is 21.4 Å². The van der Waals surface area contributed by atoms with Crippen molar-refractivity contribution in [3.63, 3.8) is 0 Å². The molecule has 1 N–H and O–H groups in total. The standard InChI is InChI=1S/C19H18ClNO4/c1-25-17-5-4-16(20)9-14(17)10-18(22)21-7-6-12-2-3-13(19(23)24)8-15(12)11-21/h2-5,8-9H,6-7,10-11H2,1H3,(H,23,24). The molecule has 2 aromatic rings. The van der Waals surface area contributed by atoms with Gasteiger partial charge in [-0.1, -0.05) is 17.7 Å². The fourth-order valence-electron chi connectivity index (χ4n) is 3.06. The second-order valence-electron chi connectivity index (χ2n) is 5.99. The lowest BCUT2D eigenvalue weighted by Gasteiger charge is -2.29. The first-order valence-corrected chi connectivity index (χ1v) is 8.31. The summed E-state index contributed by atoms with van der Waals surface area (Å²) in [6.07, 6.45) is 0.908. The van der Waals surface area contributed by atoms with Crippen LogP contribution in [0.1, 0.15) is 27.0 Å². The molecule has 0 bridgehead atoms. The Morgan fingerprint density at radius 1 is 1.20 bits per heavy atom. The van der Waals surface area contributed by atoms with Crippen LogP contribution < -0.4 is 4.74 Å². The van der Waals surface area contributed by atoms with Crippen LogP contribution in [0.15, 0.2) is 36.4 Å². The highest BCUT2D eigenvalue weighted by Gasteiger charge is 2.22. The number of methoxy groups -OCH3 is 1. The van der Waals surface area contributed by atoms with E-state index in [9.17, 15) is 9.59 Å². The highest BCUT2D eigenvalue weighted by atomic mass is 35.5. The molecule has 1 aliphatic heterocycles. The zero-order valence-electron chi connectivity index (χ0n) is 13.8. The van der Waals surface area contributed by atoms with Crippen molar-refractivity contribution in [1.82, 2.24) is 4.90 Å². The Labute approximate surface area is 150 Å². The summed E-state index contributed by atoms with van der Waals surface area (Å²) in [6, 6.07) is 10.3. The van der Waals surface area contributed by atoms with Crippen molar-refractivity contribution in [3.8, 4) is 5.75 Å². The molecule has 0 atom stereocenters. The molecule has 1 heterocycles. The van der Waals surface area contributed by atoms with E-state index in [2.05, 4.69) is 0 Å². The minimum atomic E-state index is -0.963. The molecule has 0 radical (unpaired) electrons. The highest BCUT2D eigenvalue weighted by molar-refractivity contribution is 6.30. The number of carbonyl (C=O) groups excluding carboxylic acids is 1. The van der Waals surface area contributed by atoms with E-state index in [1.807, 2.05) is 6.07 Å². The van der Waals surface area contributed by atoms with Crippen molar-refractivity contribution in [2.24, 2.45) is 0 Å². The normalized spacial score (nSPS) is 13.3. The highest BCUT2D eigenvalue weighted by Crippen LogP contribution is 2.25. The molecule has 0 saturated heterocycles. The summed E-state index contributed by atoms with van der Waals surface area (Å²) in [4.78, 5) is 25.6. The number of rotatable bonds is 4. The van der Waals surface area contributed by atoms with E-state index in [0.717, 1.165) is 16.7 Å². The van der Waals surface area contributed by atoms with Gasteiger partial charge in [0.25, 0.3) is 0 Å². The Morgan fingerprint density at radius 2 is 2.00 bits per heavy atom. The maximum Gasteiger partial charge on any atom is 0.335 e. The lowest BCUT2D eigenvalue weighted by molar-refractivity contribution is -0.131. The SMILES string of the molecule is COc1ccc(Cl)cc1CC(=O)N1CCc2ccc(C(=O)O)cc2C1. The molecular weight excluding hydrogens is 342 g/mol. The molecule has 5 nitrogen and oxygen atoms in total. The molecule has 0 unspecified atom stereocenters. The number of nitrogens with zero attached hydrogens (tertiary/aromatic N) is 1. The van der Waals surface area contributed by atoms with Gasteiger partial charge in [0.2, 0.25) is 5.91 Å². The van der Waals surface area contributed by atoms with Gasteiger partial charge in [-0.05, 0) is 47.9 Å². The first kappa shape index (κ1) is 17.3. The number of ether oxygens (including phenoxy) is 1. The van der Waals surface area contributed by atoms with Crippen molar-refractivity contribution in [2.75, 3.05) is 13.7 Å². The van der Waals surface area contributed by atoms with E-state index < -0.39 is 5.97 Å². The second kappa shape index (κ2) is 7.15. The number of halogens is 1. The summed E-state index contributed by atoms with van der Waals surface area (Å²) >= 11 is 6.02. The fourth-order valence-corrected chi connectivity index (χ4v) is 3.26. The van der Waals surface area contributed by atoms with Crippen LogP contribution in [0.3, 0.4) is 0 Å². The molecule has 130 valence electrons. The molecule has 25 heavy (non-hydrogen) atoms. The van der Waals surface area contributed by atoms with Gasteiger partial charge in [-0.3, -0.25) is 4.79 Å². The second-order valence-corrected chi connectivity index (χ2v) is 6.42. The smallest absolute Gasteiger partial charge is 0.335 e. The average Bonchev–Trinajstić information content (AvgIpc) is 2.60. The molecular formula is C19H18ClNO4. The molecule has 3 rings (SSSR count). The zero-order valence-corrected chi connectivity index (χ0v) is 14.5. The largest absolute Gasteiger partial charge is 0.496 e. The molecule has 0 fully saturated rings. The summed E-state index contributed by atoms with van der Waals surface area (Å²) in [7, 11) is 1.56. The van der Waals surface area contributed by atoms with E-state index in [-0.39, 0.29) is 17.9 Å². The van der Waals surface area contributed by atoms with Crippen LogP contribution in [0.25, 0.3) is 0 Å². The third-order valence-electron chi connectivity index (χ3n) is 4.40. The first-order chi connectivity index (χ1) is 12.0. The monoisotopic (exact) mass is 359 g/mol. The predicted octanol–water partition coefficient (Wildman–Crippen LogP) is 3.17. The number of carboxylic acids is 1. The van der Waals surface area contributed by atoms with E-state index in [0.29, 0.717) is 30.3 Å². The Kier molecular flexibility index (Phi) is 4.95. The Hall–Kier alpha value is -2.53. The summed E-state index contributed by atoms with van der Waals surface area (Å²) in [5, 5.41) is 9.69. The molecule has 0 spiro atoms. The van der Waals surface area contributed by atoms with Gasteiger partial charge in [-0.15, -0.1) is 0 Å². The number of amides is 1. The molecule has 2 aromatic carbocycles. The van der Waals surface area contributed by atoms with Gasteiger partial charge >= 0.3 is 5.97 Å². The van der Waals surface area contributed by atoms with E-state index in [1.54, 1.807) is 42.3 Å². The third kappa shape index (κ3) is 3.77. The van der Waals surface area contributed by atoms with Crippen LogP contribution in [0.2, 0.25) is 5.02 Å². The fraction of sp³-hybridized carbons (Fsp3) is 0.263. The number of benzene rings is 2. The van der Waals surface area contributed by atoms with E-state index >= 15 is 0 Å². The summed E-state index contributed by atoms with van der Waals surface area (Å²) < 4.78 is 5.29. The lowest BCUT2D eigenvalue weighted by Crippen LogP contribution is -2.37. The molecule has 6 heteroatoms. The van der Waals surface area contributed by atoms with Crippen LogP contribution in [0, 0.1) is 0 Å². The molecule has 0 aliphatic carbocycles. The Balaban J connectivity index is 1.77. The number of hydrogen-bond donors (Lipinski definition) is 1. The number of aromatic carboxylic acids is 1. The molecule has 0 saturated carbocycles.